The van der Waals surface area contributed by atoms with E-state index in [4.69, 9.17) is 14.2 Å². The van der Waals surface area contributed by atoms with Crippen LogP contribution in [0.15, 0.2) is 48.5 Å². The van der Waals surface area contributed by atoms with E-state index >= 15 is 0 Å². The van der Waals surface area contributed by atoms with Gasteiger partial charge in [0, 0.05) is 18.2 Å². The minimum atomic E-state index is -1.08. The molecule has 3 nitrogen and oxygen atoms in total. The first-order valence-electron chi connectivity index (χ1n) is 11.2. The average molecular weight is 474 g/mol. The molecule has 0 bridgehead atoms. The highest BCUT2D eigenvalue weighted by Crippen LogP contribution is 2.38. The van der Waals surface area contributed by atoms with Crippen molar-refractivity contribution in [3.63, 3.8) is 0 Å². The number of halogens is 4. The topological polar surface area (TPSA) is 27.7 Å². The maximum Gasteiger partial charge on any atom is 0.201 e. The summed E-state index contributed by atoms with van der Waals surface area (Å²) in [5.74, 6) is -3.63. The molecule has 0 amide bonds. The maximum absolute atomic E-state index is 14.9. The van der Waals surface area contributed by atoms with Crippen LogP contribution in [0.4, 0.5) is 17.6 Å². The van der Waals surface area contributed by atoms with Crippen molar-refractivity contribution < 1.29 is 31.8 Å². The standard InChI is InChI=1S/C27H26F4O3/c1-32-19-8-3-16(4-9-19)21-12-13-22(26(30)25(21)29)17-5-10-20(11-6-17)34-15-18-7-14-23(33-2)27(31)24(18)28/h5-7,10-14,16,19H,3-4,8-9,15H2,1-2H3. The van der Waals surface area contributed by atoms with Crippen molar-refractivity contribution in [3.05, 3.63) is 82.9 Å². The second-order valence-corrected chi connectivity index (χ2v) is 8.41. The third kappa shape index (κ3) is 4.89. The molecular weight excluding hydrogens is 448 g/mol. The summed E-state index contributed by atoms with van der Waals surface area (Å²) in [6.45, 7) is -0.199. The molecule has 0 atom stereocenters. The van der Waals surface area contributed by atoms with E-state index in [1.807, 2.05) is 0 Å². The number of hydrogen-bond donors (Lipinski definition) is 0. The van der Waals surface area contributed by atoms with Crippen LogP contribution < -0.4 is 9.47 Å². The van der Waals surface area contributed by atoms with Crippen LogP contribution in [0.25, 0.3) is 11.1 Å². The zero-order chi connectivity index (χ0) is 24.2. The molecule has 1 fully saturated rings. The van der Waals surface area contributed by atoms with Crippen molar-refractivity contribution in [2.24, 2.45) is 0 Å². The fourth-order valence-electron chi connectivity index (χ4n) is 4.44. The van der Waals surface area contributed by atoms with Crippen LogP contribution >= 0.6 is 0 Å². The Balaban J connectivity index is 1.46. The summed E-state index contributed by atoms with van der Waals surface area (Å²) >= 11 is 0. The molecule has 7 heteroatoms. The zero-order valence-corrected chi connectivity index (χ0v) is 19.0. The van der Waals surface area contributed by atoms with Crippen molar-refractivity contribution in [1.29, 1.82) is 0 Å². The Bertz CT molecular complexity index is 1140. The second-order valence-electron chi connectivity index (χ2n) is 8.41. The molecule has 0 aromatic heterocycles. The Morgan fingerprint density at radius 3 is 2.09 bits per heavy atom. The average Bonchev–Trinajstić information content (AvgIpc) is 2.87. The van der Waals surface area contributed by atoms with Gasteiger partial charge >= 0.3 is 0 Å². The van der Waals surface area contributed by atoms with E-state index in [-0.39, 0.29) is 35.5 Å². The summed E-state index contributed by atoms with van der Waals surface area (Å²) < 4.78 is 73.5. The highest BCUT2D eigenvalue weighted by Gasteiger charge is 2.26. The summed E-state index contributed by atoms with van der Waals surface area (Å²) in [5, 5.41) is 0. The smallest absolute Gasteiger partial charge is 0.201 e. The second kappa shape index (κ2) is 10.5. The van der Waals surface area contributed by atoms with Crippen LogP contribution in [-0.2, 0) is 11.3 Å². The molecular formula is C27H26F4O3. The SMILES string of the molecule is COc1ccc(COc2ccc(-c3ccc(C4CCC(OC)CC4)c(F)c3F)cc2)c(F)c1F. The first-order valence-corrected chi connectivity index (χ1v) is 11.2. The lowest BCUT2D eigenvalue weighted by Gasteiger charge is -2.28. The predicted molar refractivity (Wildman–Crippen MR) is 121 cm³/mol. The van der Waals surface area contributed by atoms with Crippen LogP contribution in [0.3, 0.4) is 0 Å². The van der Waals surface area contributed by atoms with Crippen LogP contribution in [-0.4, -0.2) is 20.3 Å². The predicted octanol–water partition coefficient (Wildman–Crippen LogP) is 7.17. The van der Waals surface area contributed by atoms with Gasteiger partial charge in [-0.1, -0.05) is 24.3 Å². The van der Waals surface area contributed by atoms with E-state index < -0.39 is 23.3 Å². The Kier molecular flexibility index (Phi) is 7.41. The minimum absolute atomic E-state index is 0.0195. The van der Waals surface area contributed by atoms with Gasteiger partial charge in [0.2, 0.25) is 5.82 Å². The van der Waals surface area contributed by atoms with E-state index in [9.17, 15) is 17.6 Å². The highest BCUT2D eigenvalue weighted by atomic mass is 19.2. The van der Waals surface area contributed by atoms with Crippen molar-refractivity contribution in [1.82, 2.24) is 0 Å². The number of rotatable bonds is 7. The van der Waals surface area contributed by atoms with Crippen LogP contribution in [0.5, 0.6) is 11.5 Å². The number of methoxy groups -OCH3 is 2. The lowest BCUT2D eigenvalue weighted by molar-refractivity contribution is 0.0655. The Morgan fingerprint density at radius 2 is 1.44 bits per heavy atom. The molecule has 4 rings (SSSR count). The van der Waals surface area contributed by atoms with Crippen LogP contribution in [0, 0.1) is 23.3 Å². The fraction of sp³-hybridized carbons (Fsp3) is 0.333. The number of ether oxygens (including phenoxy) is 3. The van der Waals surface area contributed by atoms with E-state index in [0.717, 1.165) is 25.7 Å². The van der Waals surface area contributed by atoms with Gasteiger partial charge in [0.15, 0.2) is 23.2 Å². The summed E-state index contributed by atoms with van der Waals surface area (Å²) in [6, 6.07) is 12.3. The van der Waals surface area contributed by atoms with E-state index in [2.05, 4.69) is 0 Å². The van der Waals surface area contributed by atoms with Gasteiger partial charge in [0.25, 0.3) is 0 Å². The molecule has 0 heterocycles. The van der Waals surface area contributed by atoms with Gasteiger partial charge in [-0.3, -0.25) is 0 Å². The number of hydrogen-bond acceptors (Lipinski definition) is 3. The minimum Gasteiger partial charge on any atom is -0.494 e. The molecule has 0 N–H and O–H groups in total. The normalized spacial score (nSPS) is 18.1. The Morgan fingerprint density at radius 1 is 0.735 bits per heavy atom. The molecule has 0 saturated heterocycles. The molecule has 1 saturated carbocycles. The summed E-state index contributed by atoms with van der Waals surface area (Å²) in [7, 11) is 2.93. The lowest BCUT2D eigenvalue weighted by atomic mass is 9.82. The zero-order valence-electron chi connectivity index (χ0n) is 19.0. The molecule has 1 aliphatic carbocycles. The van der Waals surface area contributed by atoms with Gasteiger partial charge in [-0.05, 0) is 67.0 Å². The monoisotopic (exact) mass is 474 g/mol. The van der Waals surface area contributed by atoms with Gasteiger partial charge in [-0.25, -0.2) is 13.2 Å². The van der Waals surface area contributed by atoms with Gasteiger partial charge < -0.3 is 14.2 Å². The molecule has 180 valence electrons. The number of benzene rings is 3. The molecule has 0 spiro atoms. The first-order chi connectivity index (χ1) is 16.4. The molecule has 0 aliphatic heterocycles. The lowest BCUT2D eigenvalue weighted by Crippen LogP contribution is -2.20. The molecule has 3 aromatic rings. The molecule has 3 aromatic carbocycles. The largest absolute Gasteiger partial charge is 0.494 e. The van der Waals surface area contributed by atoms with Crippen LogP contribution in [0.1, 0.15) is 42.7 Å². The van der Waals surface area contributed by atoms with E-state index in [1.165, 1.54) is 19.2 Å². The highest BCUT2D eigenvalue weighted by molar-refractivity contribution is 5.65. The summed E-state index contributed by atoms with van der Waals surface area (Å²) in [5.41, 5.74) is 1.08. The summed E-state index contributed by atoms with van der Waals surface area (Å²) in [4.78, 5) is 0. The van der Waals surface area contributed by atoms with E-state index in [1.54, 1.807) is 43.5 Å². The molecule has 1 aliphatic rings. The van der Waals surface area contributed by atoms with Crippen molar-refractivity contribution in [2.45, 2.75) is 44.3 Å². The molecule has 0 unspecified atom stereocenters. The maximum atomic E-state index is 14.9. The molecule has 34 heavy (non-hydrogen) atoms. The van der Waals surface area contributed by atoms with Gasteiger partial charge in [-0.15, -0.1) is 0 Å². The Labute approximate surface area is 196 Å². The quantitative estimate of drug-likeness (QED) is 0.340. The fourth-order valence-corrected chi connectivity index (χ4v) is 4.44. The molecule has 0 radical (unpaired) electrons. The van der Waals surface area contributed by atoms with Crippen molar-refractivity contribution >= 4 is 0 Å². The third-order valence-electron chi connectivity index (χ3n) is 6.47. The first kappa shape index (κ1) is 24.1. The van der Waals surface area contributed by atoms with Crippen molar-refractivity contribution in [3.8, 4) is 22.6 Å². The van der Waals surface area contributed by atoms with Gasteiger partial charge in [0.1, 0.15) is 12.4 Å². The van der Waals surface area contributed by atoms with Crippen molar-refractivity contribution in [2.75, 3.05) is 14.2 Å². The van der Waals surface area contributed by atoms with Gasteiger partial charge in [-0.2, -0.15) is 4.39 Å². The Hall–Kier alpha value is -3.06. The van der Waals surface area contributed by atoms with Gasteiger partial charge in [0.05, 0.1) is 13.2 Å². The summed E-state index contributed by atoms with van der Waals surface area (Å²) in [6.07, 6.45) is 3.37. The van der Waals surface area contributed by atoms with E-state index in [0.29, 0.717) is 16.9 Å². The third-order valence-corrected chi connectivity index (χ3v) is 6.47. The van der Waals surface area contributed by atoms with Crippen LogP contribution in [0.2, 0.25) is 0 Å².